The number of hydrogen-bond donors (Lipinski definition) is 1. The van der Waals surface area contributed by atoms with E-state index < -0.39 is 0 Å². The molecule has 17 heavy (non-hydrogen) atoms. The minimum Gasteiger partial charge on any atom is -0.314 e. The highest BCUT2D eigenvalue weighted by Gasteiger charge is 2.37. The van der Waals surface area contributed by atoms with Crippen molar-refractivity contribution in [1.29, 1.82) is 0 Å². The van der Waals surface area contributed by atoms with Gasteiger partial charge in [0.1, 0.15) is 0 Å². The van der Waals surface area contributed by atoms with Gasteiger partial charge in [0.25, 0.3) is 0 Å². The van der Waals surface area contributed by atoms with Crippen LogP contribution in [0, 0.1) is 5.92 Å². The van der Waals surface area contributed by atoms with Crippen molar-refractivity contribution < 1.29 is 0 Å². The fraction of sp³-hybridized carbons (Fsp3) is 0.625. The zero-order valence-corrected chi connectivity index (χ0v) is 11.5. The van der Waals surface area contributed by atoms with Crippen molar-refractivity contribution in [1.82, 2.24) is 5.32 Å². The fourth-order valence-corrected chi connectivity index (χ4v) is 2.40. The smallest absolute Gasteiger partial charge is 0.00104 e. The van der Waals surface area contributed by atoms with Crippen LogP contribution in [-0.4, -0.2) is 12.6 Å². The molecule has 94 valence electrons. The van der Waals surface area contributed by atoms with E-state index in [1.54, 1.807) is 0 Å². The Morgan fingerprint density at radius 1 is 1.12 bits per heavy atom. The van der Waals surface area contributed by atoms with Gasteiger partial charge in [-0.15, -0.1) is 0 Å². The normalized spacial score (nSPS) is 23.4. The number of nitrogens with one attached hydrogen (secondary N) is 1. The van der Waals surface area contributed by atoms with E-state index >= 15 is 0 Å². The van der Waals surface area contributed by atoms with E-state index in [2.05, 4.69) is 57.3 Å². The number of hydrogen-bond acceptors (Lipinski definition) is 1. The Morgan fingerprint density at radius 3 is 2.29 bits per heavy atom. The molecule has 2 rings (SSSR count). The quantitative estimate of drug-likeness (QED) is 0.810. The van der Waals surface area contributed by atoms with Gasteiger partial charge in [0, 0.05) is 6.04 Å². The zero-order valence-electron chi connectivity index (χ0n) is 11.5. The average Bonchev–Trinajstić information content (AvgIpc) is 3.06. The zero-order chi connectivity index (χ0) is 12.4. The SMILES string of the molecule is CC(C)NCC1CC1c1ccc(C(C)C)cc1. The van der Waals surface area contributed by atoms with Crippen LogP contribution in [0.2, 0.25) is 0 Å². The molecule has 1 aliphatic rings. The van der Waals surface area contributed by atoms with Crippen LogP contribution in [0.4, 0.5) is 0 Å². The lowest BCUT2D eigenvalue weighted by Crippen LogP contribution is -2.25. The van der Waals surface area contributed by atoms with Crippen molar-refractivity contribution in [2.24, 2.45) is 5.92 Å². The predicted octanol–water partition coefficient (Wildman–Crippen LogP) is 3.91. The molecular weight excluding hydrogens is 206 g/mol. The van der Waals surface area contributed by atoms with Gasteiger partial charge in [0.05, 0.1) is 0 Å². The number of benzene rings is 1. The first-order valence-corrected chi connectivity index (χ1v) is 6.91. The summed E-state index contributed by atoms with van der Waals surface area (Å²) in [5.41, 5.74) is 2.98. The maximum atomic E-state index is 3.54. The Labute approximate surface area is 106 Å². The third-order valence-electron chi connectivity index (χ3n) is 3.74. The van der Waals surface area contributed by atoms with Crippen LogP contribution in [0.15, 0.2) is 24.3 Å². The van der Waals surface area contributed by atoms with Crippen molar-refractivity contribution in [3.05, 3.63) is 35.4 Å². The second-order valence-corrected chi connectivity index (χ2v) is 5.99. The summed E-state index contributed by atoms with van der Waals surface area (Å²) in [4.78, 5) is 0. The molecule has 1 aliphatic carbocycles. The minimum absolute atomic E-state index is 0.611. The highest BCUT2D eigenvalue weighted by atomic mass is 14.9. The lowest BCUT2D eigenvalue weighted by molar-refractivity contribution is 0.554. The fourth-order valence-electron chi connectivity index (χ4n) is 2.40. The molecule has 1 nitrogen and oxygen atoms in total. The first-order chi connectivity index (χ1) is 8.08. The average molecular weight is 231 g/mol. The molecule has 1 saturated carbocycles. The van der Waals surface area contributed by atoms with E-state index in [0.29, 0.717) is 12.0 Å². The molecule has 1 aromatic carbocycles. The largest absolute Gasteiger partial charge is 0.314 e. The van der Waals surface area contributed by atoms with Gasteiger partial charge in [-0.2, -0.15) is 0 Å². The van der Waals surface area contributed by atoms with Gasteiger partial charge in [-0.1, -0.05) is 52.0 Å². The summed E-state index contributed by atoms with van der Waals surface area (Å²) in [5.74, 6) is 2.31. The second-order valence-electron chi connectivity index (χ2n) is 5.99. The molecule has 0 aliphatic heterocycles. The van der Waals surface area contributed by atoms with E-state index in [4.69, 9.17) is 0 Å². The standard InChI is InChI=1S/C16H25N/c1-11(2)13-5-7-14(8-6-13)16-9-15(16)10-17-12(3)4/h5-8,11-12,15-17H,9-10H2,1-4H3. The Bertz CT molecular complexity index is 350. The highest BCUT2D eigenvalue weighted by molar-refractivity contribution is 5.30. The van der Waals surface area contributed by atoms with Gasteiger partial charge in [-0.05, 0) is 41.8 Å². The molecule has 0 amide bonds. The molecule has 2 atom stereocenters. The van der Waals surface area contributed by atoms with Gasteiger partial charge < -0.3 is 5.32 Å². The molecule has 1 fully saturated rings. The van der Waals surface area contributed by atoms with Gasteiger partial charge in [-0.3, -0.25) is 0 Å². The molecule has 0 saturated heterocycles. The van der Waals surface area contributed by atoms with E-state index in [1.165, 1.54) is 24.1 Å². The van der Waals surface area contributed by atoms with Gasteiger partial charge in [0.2, 0.25) is 0 Å². The Morgan fingerprint density at radius 2 is 1.76 bits per heavy atom. The van der Waals surface area contributed by atoms with Crippen molar-refractivity contribution in [3.8, 4) is 0 Å². The van der Waals surface area contributed by atoms with E-state index in [1.807, 2.05) is 0 Å². The van der Waals surface area contributed by atoms with Crippen molar-refractivity contribution in [2.45, 2.75) is 52.0 Å². The van der Waals surface area contributed by atoms with E-state index in [0.717, 1.165) is 11.8 Å². The molecule has 0 radical (unpaired) electrons. The summed E-state index contributed by atoms with van der Waals surface area (Å²) in [5, 5.41) is 3.54. The molecule has 1 N–H and O–H groups in total. The van der Waals surface area contributed by atoms with Crippen LogP contribution in [-0.2, 0) is 0 Å². The maximum Gasteiger partial charge on any atom is 0.00104 e. The second kappa shape index (κ2) is 5.22. The molecule has 1 heteroatoms. The van der Waals surface area contributed by atoms with E-state index in [-0.39, 0.29) is 0 Å². The summed E-state index contributed by atoms with van der Waals surface area (Å²) >= 11 is 0. The first-order valence-electron chi connectivity index (χ1n) is 6.91. The summed E-state index contributed by atoms with van der Waals surface area (Å²) in [6, 6.07) is 9.86. The van der Waals surface area contributed by atoms with Crippen LogP contribution in [0.1, 0.15) is 57.1 Å². The summed E-state index contributed by atoms with van der Waals surface area (Å²) < 4.78 is 0. The van der Waals surface area contributed by atoms with Crippen LogP contribution in [0.5, 0.6) is 0 Å². The van der Waals surface area contributed by atoms with Crippen LogP contribution in [0.25, 0.3) is 0 Å². The lowest BCUT2D eigenvalue weighted by atomic mass is 10.00. The molecule has 2 unspecified atom stereocenters. The van der Waals surface area contributed by atoms with Gasteiger partial charge in [0.15, 0.2) is 0 Å². The molecule has 0 bridgehead atoms. The first kappa shape index (κ1) is 12.6. The van der Waals surface area contributed by atoms with Crippen molar-refractivity contribution in [2.75, 3.05) is 6.54 Å². The van der Waals surface area contributed by atoms with Crippen molar-refractivity contribution >= 4 is 0 Å². The van der Waals surface area contributed by atoms with Crippen LogP contribution in [0.3, 0.4) is 0 Å². The lowest BCUT2D eigenvalue weighted by Gasteiger charge is -2.08. The summed E-state index contributed by atoms with van der Waals surface area (Å²) in [7, 11) is 0. The van der Waals surface area contributed by atoms with Crippen molar-refractivity contribution in [3.63, 3.8) is 0 Å². The highest BCUT2D eigenvalue weighted by Crippen LogP contribution is 2.47. The molecule has 1 aromatic rings. The van der Waals surface area contributed by atoms with Crippen LogP contribution < -0.4 is 5.32 Å². The summed E-state index contributed by atoms with van der Waals surface area (Å²) in [6.07, 6.45) is 1.36. The van der Waals surface area contributed by atoms with Gasteiger partial charge in [-0.25, -0.2) is 0 Å². The third-order valence-corrected chi connectivity index (χ3v) is 3.74. The monoisotopic (exact) mass is 231 g/mol. The Kier molecular flexibility index (Phi) is 3.88. The van der Waals surface area contributed by atoms with E-state index in [9.17, 15) is 0 Å². The minimum atomic E-state index is 0.611. The molecule has 0 heterocycles. The van der Waals surface area contributed by atoms with Gasteiger partial charge >= 0.3 is 0 Å². The topological polar surface area (TPSA) is 12.0 Å². The molecule has 0 spiro atoms. The summed E-state index contributed by atoms with van der Waals surface area (Å²) in [6.45, 7) is 10.1. The predicted molar refractivity (Wildman–Crippen MR) is 74.5 cm³/mol. The Balaban J connectivity index is 1.88. The molecule has 0 aromatic heterocycles. The Hall–Kier alpha value is -0.820. The van der Waals surface area contributed by atoms with Crippen LogP contribution >= 0.6 is 0 Å². The third kappa shape index (κ3) is 3.32. The maximum absolute atomic E-state index is 3.54. The number of rotatable bonds is 5. The molecular formula is C16H25N.